The van der Waals surface area contributed by atoms with Crippen LogP contribution in [-0.4, -0.2) is 26.9 Å². The normalized spacial score (nSPS) is 12.2. The fourth-order valence-electron chi connectivity index (χ4n) is 1.90. The van der Waals surface area contributed by atoms with Crippen molar-refractivity contribution in [2.24, 2.45) is 0 Å². The van der Waals surface area contributed by atoms with Crippen LogP contribution in [0.4, 0.5) is 0 Å². The molecule has 3 nitrogen and oxygen atoms in total. The lowest BCUT2D eigenvalue weighted by Gasteiger charge is -2.18. The third-order valence-corrected chi connectivity index (χ3v) is 2.90. The van der Waals surface area contributed by atoms with E-state index in [-0.39, 0.29) is 6.04 Å². The molecule has 0 aromatic heterocycles. The zero-order valence-corrected chi connectivity index (χ0v) is 12.5. The van der Waals surface area contributed by atoms with Crippen molar-refractivity contribution in [3.05, 3.63) is 41.5 Å². The van der Waals surface area contributed by atoms with Crippen molar-refractivity contribution in [1.29, 1.82) is 0 Å². The SMILES string of the molecule is C=C(C)COCCNC(C)c1cc(C)ccc1OC. The summed E-state index contributed by atoms with van der Waals surface area (Å²) in [6.07, 6.45) is 0. The van der Waals surface area contributed by atoms with E-state index in [2.05, 4.69) is 37.9 Å². The van der Waals surface area contributed by atoms with Crippen LogP contribution in [0.3, 0.4) is 0 Å². The van der Waals surface area contributed by atoms with E-state index in [1.54, 1.807) is 7.11 Å². The monoisotopic (exact) mass is 263 g/mol. The van der Waals surface area contributed by atoms with E-state index in [9.17, 15) is 0 Å². The van der Waals surface area contributed by atoms with Gasteiger partial charge in [0.2, 0.25) is 0 Å². The molecule has 0 bridgehead atoms. The maximum Gasteiger partial charge on any atom is 0.123 e. The van der Waals surface area contributed by atoms with Crippen molar-refractivity contribution < 1.29 is 9.47 Å². The van der Waals surface area contributed by atoms with Crippen LogP contribution in [0.2, 0.25) is 0 Å². The summed E-state index contributed by atoms with van der Waals surface area (Å²) in [5.41, 5.74) is 3.47. The first kappa shape index (κ1) is 15.7. The fourth-order valence-corrected chi connectivity index (χ4v) is 1.90. The van der Waals surface area contributed by atoms with Gasteiger partial charge in [0, 0.05) is 18.2 Å². The summed E-state index contributed by atoms with van der Waals surface area (Å²) in [5, 5.41) is 3.44. The Morgan fingerprint density at radius 3 is 2.79 bits per heavy atom. The van der Waals surface area contributed by atoms with Crippen molar-refractivity contribution in [3.8, 4) is 5.75 Å². The van der Waals surface area contributed by atoms with Crippen LogP contribution in [-0.2, 0) is 4.74 Å². The molecule has 3 heteroatoms. The van der Waals surface area contributed by atoms with Gasteiger partial charge in [-0.3, -0.25) is 0 Å². The molecule has 19 heavy (non-hydrogen) atoms. The van der Waals surface area contributed by atoms with Gasteiger partial charge in [0.25, 0.3) is 0 Å². The molecule has 1 aromatic carbocycles. The molecule has 0 saturated heterocycles. The van der Waals surface area contributed by atoms with Gasteiger partial charge < -0.3 is 14.8 Å². The van der Waals surface area contributed by atoms with Crippen molar-refractivity contribution in [1.82, 2.24) is 5.32 Å². The predicted molar refractivity (Wildman–Crippen MR) is 79.8 cm³/mol. The van der Waals surface area contributed by atoms with Crippen LogP contribution in [0.25, 0.3) is 0 Å². The smallest absolute Gasteiger partial charge is 0.123 e. The van der Waals surface area contributed by atoms with Gasteiger partial charge in [0.1, 0.15) is 5.75 Å². The molecular formula is C16H25NO2. The lowest BCUT2D eigenvalue weighted by atomic mass is 10.0. The van der Waals surface area contributed by atoms with Crippen LogP contribution in [0.15, 0.2) is 30.4 Å². The third kappa shape index (κ3) is 5.45. The zero-order valence-electron chi connectivity index (χ0n) is 12.5. The van der Waals surface area contributed by atoms with E-state index >= 15 is 0 Å². The molecule has 1 atom stereocenters. The van der Waals surface area contributed by atoms with Crippen LogP contribution >= 0.6 is 0 Å². The summed E-state index contributed by atoms with van der Waals surface area (Å²) in [5.74, 6) is 0.924. The molecule has 0 heterocycles. The van der Waals surface area contributed by atoms with Crippen LogP contribution < -0.4 is 10.1 Å². The lowest BCUT2D eigenvalue weighted by molar-refractivity contribution is 0.155. The highest BCUT2D eigenvalue weighted by Crippen LogP contribution is 2.25. The highest BCUT2D eigenvalue weighted by Gasteiger charge is 2.10. The van der Waals surface area contributed by atoms with Gasteiger partial charge in [-0.2, -0.15) is 0 Å². The average Bonchev–Trinajstić information content (AvgIpc) is 2.37. The van der Waals surface area contributed by atoms with Gasteiger partial charge >= 0.3 is 0 Å². The van der Waals surface area contributed by atoms with Crippen LogP contribution in [0.5, 0.6) is 5.75 Å². The largest absolute Gasteiger partial charge is 0.496 e. The number of benzene rings is 1. The van der Waals surface area contributed by atoms with Crippen LogP contribution in [0, 0.1) is 6.92 Å². The predicted octanol–water partition coefficient (Wildman–Crippen LogP) is 3.25. The van der Waals surface area contributed by atoms with Crippen LogP contribution in [0.1, 0.15) is 31.0 Å². The Labute approximate surface area is 116 Å². The lowest BCUT2D eigenvalue weighted by Crippen LogP contribution is -2.24. The average molecular weight is 263 g/mol. The number of methoxy groups -OCH3 is 1. The Hall–Kier alpha value is -1.32. The van der Waals surface area contributed by atoms with Gasteiger partial charge in [-0.05, 0) is 26.8 Å². The summed E-state index contributed by atoms with van der Waals surface area (Å²) in [6, 6.07) is 6.47. The van der Waals surface area contributed by atoms with E-state index in [1.807, 2.05) is 13.0 Å². The Bertz CT molecular complexity index is 415. The number of ether oxygens (including phenoxy) is 2. The third-order valence-electron chi connectivity index (χ3n) is 2.90. The first-order valence-corrected chi connectivity index (χ1v) is 6.64. The highest BCUT2D eigenvalue weighted by atomic mass is 16.5. The standard InChI is InChI=1S/C16H25NO2/c1-12(2)11-19-9-8-17-14(4)15-10-13(3)6-7-16(15)18-5/h6-7,10,14,17H,1,8-9,11H2,2-5H3. The second-order valence-corrected chi connectivity index (χ2v) is 4.93. The molecule has 0 amide bonds. The van der Waals surface area contributed by atoms with Gasteiger partial charge in [-0.1, -0.05) is 29.8 Å². The number of rotatable bonds is 8. The molecule has 1 rings (SSSR count). The number of hydrogen-bond donors (Lipinski definition) is 1. The van der Waals surface area contributed by atoms with Crippen molar-refractivity contribution in [2.75, 3.05) is 26.9 Å². The minimum atomic E-state index is 0.239. The van der Waals surface area contributed by atoms with Crippen molar-refractivity contribution in [3.63, 3.8) is 0 Å². The van der Waals surface area contributed by atoms with Gasteiger partial charge in [-0.25, -0.2) is 0 Å². The Morgan fingerprint density at radius 2 is 2.16 bits per heavy atom. The zero-order chi connectivity index (χ0) is 14.3. The Kier molecular flexibility index (Phi) is 6.60. The molecule has 0 aliphatic heterocycles. The van der Waals surface area contributed by atoms with Crippen molar-refractivity contribution >= 4 is 0 Å². The van der Waals surface area contributed by atoms with Gasteiger partial charge in [-0.15, -0.1) is 0 Å². The summed E-state index contributed by atoms with van der Waals surface area (Å²) in [6.45, 7) is 12.1. The molecule has 0 radical (unpaired) electrons. The number of nitrogens with one attached hydrogen (secondary N) is 1. The first-order valence-electron chi connectivity index (χ1n) is 6.64. The first-order chi connectivity index (χ1) is 9.04. The Balaban J connectivity index is 2.46. The second-order valence-electron chi connectivity index (χ2n) is 4.93. The molecule has 0 aliphatic rings. The molecule has 0 spiro atoms. The quantitative estimate of drug-likeness (QED) is 0.577. The summed E-state index contributed by atoms with van der Waals surface area (Å²) >= 11 is 0. The summed E-state index contributed by atoms with van der Waals surface area (Å²) in [4.78, 5) is 0. The fraction of sp³-hybridized carbons (Fsp3) is 0.500. The van der Waals surface area contributed by atoms with Gasteiger partial charge in [0.15, 0.2) is 0 Å². The second kappa shape index (κ2) is 7.97. The molecule has 0 saturated carbocycles. The minimum absolute atomic E-state index is 0.239. The van der Waals surface area contributed by atoms with E-state index in [4.69, 9.17) is 9.47 Å². The number of hydrogen-bond acceptors (Lipinski definition) is 3. The summed E-state index contributed by atoms with van der Waals surface area (Å²) in [7, 11) is 1.71. The van der Waals surface area contributed by atoms with Crippen molar-refractivity contribution in [2.45, 2.75) is 26.8 Å². The molecule has 0 aliphatic carbocycles. The molecule has 1 aromatic rings. The molecule has 1 N–H and O–H groups in total. The molecule has 1 unspecified atom stereocenters. The molecule has 0 fully saturated rings. The van der Waals surface area contributed by atoms with Gasteiger partial charge in [0.05, 0.1) is 20.3 Å². The van der Waals surface area contributed by atoms with E-state index in [1.165, 1.54) is 11.1 Å². The Morgan fingerprint density at radius 1 is 1.42 bits per heavy atom. The van der Waals surface area contributed by atoms with E-state index in [0.29, 0.717) is 13.2 Å². The minimum Gasteiger partial charge on any atom is -0.496 e. The van der Waals surface area contributed by atoms with E-state index in [0.717, 1.165) is 17.9 Å². The highest BCUT2D eigenvalue weighted by molar-refractivity contribution is 5.38. The topological polar surface area (TPSA) is 30.5 Å². The maximum absolute atomic E-state index is 5.47. The maximum atomic E-state index is 5.47. The summed E-state index contributed by atoms with van der Waals surface area (Å²) < 4.78 is 10.9. The molecular weight excluding hydrogens is 238 g/mol. The van der Waals surface area contributed by atoms with E-state index < -0.39 is 0 Å². The number of aryl methyl sites for hydroxylation is 1. The molecule has 106 valence electrons.